The van der Waals surface area contributed by atoms with E-state index in [1.54, 1.807) is 12.4 Å². The molecule has 3 rings (SSSR count). The van der Waals surface area contributed by atoms with Gasteiger partial charge in [0.15, 0.2) is 5.65 Å². The van der Waals surface area contributed by atoms with Gasteiger partial charge in [-0.3, -0.25) is 9.38 Å². The first-order valence-corrected chi connectivity index (χ1v) is 5.89. The number of nitrogens with two attached hydrogens (primary N) is 1. The number of nitrogen functional groups attached to an aromatic ring is 1. The third-order valence-electron chi connectivity index (χ3n) is 2.59. The number of rotatable bonds is 1. The zero-order valence-electron chi connectivity index (χ0n) is 8.84. The van der Waals surface area contributed by atoms with Gasteiger partial charge in [0, 0.05) is 24.2 Å². The number of fused-ring (bicyclic) bond motifs is 1. The number of aromatic nitrogens is 3. The van der Waals surface area contributed by atoms with Crippen LogP contribution in [0.3, 0.4) is 0 Å². The molecule has 3 aromatic rings. The lowest BCUT2D eigenvalue weighted by molar-refractivity contribution is 1.19. The summed E-state index contributed by atoms with van der Waals surface area (Å²) in [6.07, 6.45) is 5.36. The summed E-state index contributed by atoms with van der Waals surface area (Å²) < 4.78 is 2.78. The highest BCUT2D eigenvalue weighted by Crippen LogP contribution is 2.28. The Balaban J connectivity index is 2.32. The van der Waals surface area contributed by atoms with Gasteiger partial charge < -0.3 is 5.73 Å². The van der Waals surface area contributed by atoms with Crippen molar-refractivity contribution in [3.63, 3.8) is 0 Å². The number of hydrogen-bond acceptors (Lipinski definition) is 3. The quantitative estimate of drug-likeness (QED) is 0.749. The Morgan fingerprint density at radius 2 is 1.94 bits per heavy atom. The van der Waals surface area contributed by atoms with Crippen molar-refractivity contribution in [2.24, 2.45) is 0 Å². The fraction of sp³-hybridized carbons (Fsp3) is 0. The molecule has 17 heavy (non-hydrogen) atoms. The van der Waals surface area contributed by atoms with E-state index in [4.69, 9.17) is 5.73 Å². The van der Waals surface area contributed by atoms with E-state index in [-0.39, 0.29) is 0 Å². The summed E-state index contributed by atoms with van der Waals surface area (Å²) in [7, 11) is 0. The number of halogens is 1. The molecule has 0 amide bonds. The molecule has 4 nitrogen and oxygen atoms in total. The first kappa shape index (κ1) is 10.3. The summed E-state index contributed by atoms with van der Waals surface area (Å²) >= 11 is 3.47. The summed E-state index contributed by atoms with van der Waals surface area (Å²) in [5.41, 5.74) is 8.66. The second-order valence-electron chi connectivity index (χ2n) is 3.63. The van der Waals surface area contributed by atoms with E-state index in [0.717, 1.165) is 21.4 Å². The molecule has 84 valence electrons. The molecular weight excluding hydrogens is 280 g/mol. The van der Waals surface area contributed by atoms with Crippen LogP contribution in [0.5, 0.6) is 0 Å². The molecule has 0 atom stereocenters. The van der Waals surface area contributed by atoms with Crippen LogP contribution < -0.4 is 5.73 Å². The van der Waals surface area contributed by atoms with Crippen molar-refractivity contribution in [2.75, 3.05) is 5.73 Å². The zero-order valence-corrected chi connectivity index (χ0v) is 10.4. The first-order valence-electron chi connectivity index (χ1n) is 5.10. The lowest BCUT2D eigenvalue weighted by Gasteiger charge is -1.98. The standard InChI is InChI=1S/C12H9BrN4/c13-9-2-1-7-17-11(14)10(16-12(9)17)8-3-5-15-6-4-8/h1-7H,14H2. The smallest absolute Gasteiger partial charge is 0.153 e. The number of hydrogen-bond donors (Lipinski definition) is 1. The molecule has 0 unspecified atom stereocenters. The maximum atomic E-state index is 6.10. The molecule has 0 saturated heterocycles. The molecule has 0 radical (unpaired) electrons. The van der Waals surface area contributed by atoms with Gasteiger partial charge >= 0.3 is 0 Å². The Morgan fingerprint density at radius 3 is 2.65 bits per heavy atom. The zero-order chi connectivity index (χ0) is 11.8. The molecule has 0 aliphatic rings. The van der Waals surface area contributed by atoms with Gasteiger partial charge in [0.05, 0.1) is 4.47 Å². The van der Waals surface area contributed by atoms with Crippen molar-refractivity contribution in [1.82, 2.24) is 14.4 Å². The minimum Gasteiger partial charge on any atom is -0.383 e. The van der Waals surface area contributed by atoms with Gasteiger partial charge in [-0.1, -0.05) is 0 Å². The van der Waals surface area contributed by atoms with Gasteiger partial charge in [-0.2, -0.15) is 0 Å². The molecule has 0 bridgehead atoms. The van der Waals surface area contributed by atoms with Gasteiger partial charge in [0.2, 0.25) is 0 Å². The van der Waals surface area contributed by atoms with E-state index in [9.17, 15) is 0 Å². The predicted molar refractivity (Wildman–Crippen MR) is 70.5 cm³/mol. The van der Waals surface area contributed by atoms with Gasteiger partial charge in [-0.25, -0.2) is 4.98 Å². The number of nitrogens with zero attached hydrogens (tertiary/aromatic N) is 3. The van der Waals surface area contributed by atoms with Crippen molar-refractivity contribution in [3.8, 4) is 11.3 Å². The topological polar surface area (TPSA) is 56.2 Å². The monoisotopic (exact) mass is 288 g/mol. The van der Waals surface area contributed by atoms with Crippen LogP contribution in [0.15, 0.2) is 47.3 Å². The highest BCUT2D eigenvalue weighted by molar-refractivity contribution is 9.10. The van der Waals surface area contributed by atoms with E-state index in [2.05, 4.69) is 25.9 Å². The number of imidazole rings is 1. The molecule has 0 aliphatic heterocycles. The Bertz CT molecular complexity index is 676. The largest absolute Gasteiger partial charge is 0.383 e. The van der Waals surface area contributed by atoms with Gasteiger partial charge in [-0.05, 0) is 40.2 Å². The van der Waals surface area contributed by atoms with Crippen molar-refractivity contribution >= 4 is 27.4 Å². The Hall–Kier alpha value is -1.88. The van der Waals surface area contributed by atoms with Crippen LogP contribution in [0.25, 0.3) is 16.9 Å². The van der Waals surface area contributed by atoms with Crippen LogP contribution in [0.4, 0.5) is 5.82 Å². The SMILES string of the molecule is Nc1c(-c2ccncc2)nc2c(Br)cccn12. The molecule has 5 heteroatoms. The molecule has 2 N–H and O–H groups in total. The molecule has 0 aliphatic carbocycles. The maximum Gasteiger partial charge on any atom is 0.153 e. The fourth-order valence-corrected chi connectivity index (χ4v) is 2.21. The predicted octanol–water partition coefficient (Wildman–Crippen LogP) is 2.74. The third kappa shape index (κ3) is 1.59. The number of anilines is 1. The molecule has 3 aromatic heterocycles. The van der Waals surface area contributed by atoms with E-state index >= 15 is 0 Å². The molecule has 0 fully saturated rings. The van der Waals surface area contributed by atoms with E-state index in [0.29, 0.717) is 5.82 Å². The second kappa shape index (κ2) is 3.85. The minimum absolute atomic E-state index is 0.632. The molecule has 0 saturated carbocycles. The molecule has 0 aromatic carbocycles. The fourth-order valence-electron chi connectivity index (χ4n) is 1.77. The maximum absolute atomic E-state index is 6.10. The van der Waals surface area contributed by atoms with Crippen LogP contribution in [-0.4, -0.2) is 14.4 Å². The van der Waals surface area contributed by atoms with Crippen LogP contribution in [0.1, 0.15) is 0 Å². The van der Waals surface area contributed by atoms with E-state index < -0.39 is 0 Å². The molecule has 3 heterocycles. The Kier molecular flexibility index (Phi) is 2.33. The lowest BCUT2D eigenvalue weighted by Crippen LogP contribution is -1.93. The van der Waals surface area contributed by atoms with Crippen molar-refractivity contribution < 1.29 is 0 Å². The van der Waals surface area contributed by atoms with Crippen LogP contribution >= 0.6 is 15.9 Å². The number of pyridine rings is 2. The van der Waals surface area contributed by atoms with Crippen molar-refractivity contribution in [3.05, 3.63) is 47.3 Å². The van der Waals surface area contributed by atoms with E-state index in [1.807, 2.05) is 34.9 Å². The Labute approximate surface area is 106 Å². The van der Waals surface area contributed by atoms with Crippen LogP contribution in [-0.2, 0) is 0 Å². The van der Waals surface area contributed by atoms with Crippen LogP contribution in [0.2, 0.25) is 0 Å². The summed E-state index contributed by atoms with van der Waals surface area (Å²) in [4.78, 5) is 8.53. The van der Waals surface area contributed by atoms with Gasteiger partial charge in [0.25, 0.3) is 0 Å². The normalized spacial score (nSPS) is 10.9. The Morgan fingerprint density at radius 1 is 1.18 bits per heavy atom. The van der Waals surface area contributed by atoms with Crippen LogP contribution in [0, 0.1) is 0 Å². The van der Waals surface area contributed by atoms with Crippen molar-refractivity contribution in [2.45, 2.75) is 0 Å². The average molecular weight is 289 g/mol. The average Bonchev–Trinajstić information content (AvgIpc) is 2.70. The summed E-state index contributed by atoms with van der Waals surface area (Å²) in [5, 5.41) is 0. The highest BCUT2D eigenvalue weighted by atomic mass is 79.9. The summed E-state index contributed by atoms with van der Waals surface area (Å²) in [6, 6.07) is 7.65. The lowest BCUT2D eigenvalue weighted by atomic mass is 10.2. The molecule has 0 spiro atoms. The van der Waals surface area contributed by atoms with Gasteiger partial charge in [-0.15, -0.1) is 0 Å². The summed E-state index contributed by atoms with van der Waals surface area (Å²) in [5.74, 6) is 0.632. The highest BCUT2D eigenvalue weighted by Gasteiger charge is 2.12. The van der Waals surface area contributed by atoms with E-state index in [1.165, 1.54) is 0 Å². The minimum atomic E-state index is 0.632. The second-order valence-corrected chi connectivity index (χ2v) is 4.49. The first-order chi connectivity index (χ1) is 8.27. The molecular formula is C12H9BrN4. The third-order valence-corrected chi connectivity index (χ3v) is 3.21. The van der Waals surface area contributed by atoms with Crippen molar-refractivity contribution in [1.29, 1.82) is 0 Å². The van der Waals surface area contributed by atoms with Gasteiger partial charge in [0.1, 0.15) is 11.5 Å². The summed E-state index contributed by atoms with van der Waals surface area (Å²) in [6.45, 7) is 0.